The van der Waals surface area contributed by atoms with E-state index in [-0.39, 0.29) is 5.69 Å². The van der Waals surface area contributed by atoms with Crippen LogP contribution in [0.15, 0.2) is 0 Å². The summed E-state index contributed by atoms with van der Waals surface area (Å²) in [6.07, 6.45) is 0. The van der Waals surface area contributed by atoms with Crippen molar-refractivity contribution in [1.82, 2.24) is 15.0 Å². The van der Waals surface area contributed by atoms with Crippen LogP contribution in [0.4, 0.5) is 0 Å². The van der Waals surface area contributed by atoms with E-state index in [0.29, 0.717) is 38.7 Å². The van der Waals surface area contributed by atoms with E-state index in [2.05, 4.69) is 10.3 Å². The average molecular weight is 257 g/mol. The molecular weight excluding hydrogens is 238 g/mol. The van der Waals surface area contributed by atoms with Crippen LogP contribution >= 0.6 is 0 Å². The molecule has 0 aliphatic heterocycles. The molecule has 0 unspecified atom stereocenters. The van der Waals surface area contributed by atoms with Crippen LogP contribution in [0.2, 0.25) is 0 Å². The fourth-order valence-electron chi connectivity index (χ4n) is 1.36. The van der Waals surface area contributed by atoms with Crippen molar-refractivity contribution in [3.05, 3.63) is 11.4 Å². The summed E-state index contributed by atoms with van der Waals surface area (Å²) in [5.41, 5.74) is 0.942. The third-order valence-electron chi connectivity index (χ3n) is 2.33. The lowest BCUT2D eigenvalue weighted by Gasteiger charge is -2.05. The molecule has 0 N–H and O–H groups in total. The van der Waals surface area contributed by atoms with Gasteiger partial charge in [-0.25, -0.2) is 9.48 Å². The highest BCUT2D eigenvalue weighted by Crippen LogP contribution is 2.05. The first-order valence-electron chi connectivity index (χ1n) is 5.84. The number of rotatable bonds is 8. The van der Waals surface area contributed by atoms with Crippen molar-refractivity contribution in [3.8, 4) is 0 Å². The van der Waals surface area contributed by atoms with Gasteiger partial charge in [0.05, 0.1) is 38.7 Å². The Hall–Kier alpha value is -1.47. The van der Waals surface area contributed by atoms with Crippen LogP contribution in [0.3, 0.4) is 0 Å². The summed E-state index contributed by atoms with van der Waals surface area (Å²) in [6.45, 7) is 5.99. The number of ether oxygens (including phenoxy) is 3. The van der Waals surface area contributed by atoms with E-state index in [9.17, 15) is 4.79 Å². The lowest BCUT2D eigenvalue weighted by atomic mass is 10.3. The van der Waals surface area contributed by atoms with Gasteiger partial charge in [-0.15, -0.1) is 5.10 Å². The fraction of sp³-hybridized carbons (Fsp3) is 0.727. The maximum atomic E-state index is 11.5. The Kier molecular flexibility index (Phi) is 6.31. The zero-order chi connectivity index (χ0) is 13.4. The zero-order valence-corrected chi connectivity index (χ0v) is 11.0. The highest BCUT2D eigenvalue weighted by Gasteiger charge is 2.16. The first-order chi connectivity index (χ1) is 8.70. The quantitative estimate of drug-likeness (QED) is 0.496. The van der Waals surface area contributed by atoms with E-state index in [1.54, 1.807) is 25.6 Å². The molecule has 1 heterocycles. The average Bonchev–Trinajstić information content (AvgIpc) is 2.71. The molecule has 0 saturated carbocycles. The summed E-state index contributed by atoms with van der Waals surface area (Å²) < 4.78 is 16.7. The second-order valence-corrected chi connectivity index (χ2v) is 3.57. The first-order valence-corrected chi connectivity index (χ1v) is 5.84. The second-order valence-electron chi connectivity index (χ2n) is 3.57. The highest BCUT2D eigenvalue weighted by molar-refractivity contribution is 5.88. The minimum atomic E-state index is -0.443. The molecule has 1 aromatic rings. The van der Waals surface area contributed by atoms with Crippen molar-refractivity contribution < 1.29 is 19.0 Å². The fourth-order valence-corrected chi connectivity index (χ4v) is 1.36. The first kappa shape index (κ1) is 14.6. The molecule has 0 atom stereocenters. The molecule has 0 spiro atoms. The van der Waals surface area contributed by atoms with Crippen LogP contribution in [0.25, 0.3) is 0 Å². The Morgan fingerprint density at radius 2 is 2.11 bits per heavy atom. The van der Waals surface area contributed by atoms with Gasteiger partial charge in [-0.2, -0.15) is 0 Å². The Morgan fingerprint density at radius 1 is 1.33 bits per heavy atom. The van der Waals surface area contributed by atoms with Gasteiger partial charge in [-0.05, 0) is 13.8 Å². The zero-order valence-electron chi connectivity index (χ0n) is 11.0. The minimum Gasteiger partial charge on any atom is -0.461 e. The Morgan fingerprint density at radius 3 is 2.78 bits per heavy atom. The van der Waals surface area contributed by atoms with E-state index in [1.165, 1.54) is 0 Å². The maximum Gasteiger partial charge on any atom is 0.360 e. The number of carbonyl (C=O) groups excluding carboxylic acids is 1. The second kappa shape index (κ2) is 7.78. The third kappa shape index (κ3) is 4.08. The van der Waals surface area contributed by atoms with Crippen molar-refractivity contribution in [2.24, 2.45) is 0 Å². The topological polar surface area (TPSA) is 75.5 Å². The summed E-state index contributed by atoms with van der Waals surface area (Å²) in [7, 11) is 1.62. The molecule has 18 heavy (non-hydrogen) atoms. The predicted octanol–water partition coefficient (Wildman–Crippen LogP) is 0.426. The Balaban J connectivity index is 2.45. The molecule has 0 bridgehead atoms. The lowest BCUT2D eigenvalue weighted by Crippen LogP contribution is -2.12. The van der Waals surface area contributed by atoms with Crippen molar-refractivity contribution in [1.29, 1.82) is 0 Å². The van der Waals surface area contributed by atoms with Crippen LogP contribution in [0.5, 0.6) is 0 Å². The Bertz CT molecular complexity index is 378. The van der Waals surface area contributed by atoms with Crippen molar-refractivity contribution in [3.63, 3.8) is 0 Å². The van der Waals surface area contributed by atoms with Gasteiger partial charge in [0, 0.05) is 7.11 Å². The summed E-state index contributed by atoms with van der Waals surface area (Å²) in [6, 6.07) is 0. The molecule has 0 saturated heterocycles. The van der Waals surface area contributed by atoms with Gasteiger partial charge >= 0.3 is 5.97 Å². The van der Waals surface area contributed by atoms with E-state index < -0.39 is 5.97 Å². The molecule has 0 fully saturated rings. The van der Waals surface area contributed by atoms with Gasteiger partial charge in [0.1, 0.15) is 0 Å². The largest absolute Gasteiger partial charge is 0.461 e. The molecule has 0 aliphatic carbocycles. The van der Waals surface area contributed by atoms with Crippen molar-refractivity contribution in [2.45, 2.75) is 20.4 Å². The maximum absolute atomic E-state index is 11.5. The van der Waals surface area contributed by atoms with E-state index >= 15 is 0 Å². The molecule has 7 heteroatoms. The molecular formula is C11H19N3O4. The van der Waals surface area contributed by atoms with Crippen LogP contribution < -0.4 is 0 Å². The van der Waals surface area contributed by atoms with Crippen molar-refractivity contribution >= 4 is 5.97 Å². The summed E-state index contributed by atoms with van der Waals surface area (Å²) in [4.78, 5) is 11.5. The standard InChI is InChI=1S/C11H19N3O4/c1-4-18-11(15)10-9(2)14(13-12-10)5-6-17-8-7-16-3/h4-8H2,1-3H3. The SMILES string of the molecule is CCOC(=O)c1nnn(CCOCCOC)c1C. The molecule has 102 valence electrons. The monoisotopic (exact) mass is 257 g/mol. The molecule has 1 rings (SSSR count). The number of aromatic nitrogens is 3. The molecule has 7 nitrogen and oxygen atoms in total. The minimum absolute atomic E-state index is 0.258. The van der Waals surface area contributed by atoms with Crippen LogP contribution in [0, 0.1) is 6.92 Å². The van der Waals surface area contributed by atoms with Gasteiger partial charge < -0.3 is 14.2 Å². The van der Waals surface area contributed by atoms with Gasteiger partial charge in [-0.3, -0.25) is 0 Å². The molecule has 0 aliphatic rings. The number of hydrogen-bond acceptors (Lipinski definition) is 6. The van der Waals surface area contributed by atoms with Crippen molar-refractivity contribution in [2.75, 3.05) is 33.5 Å². The normalized spacial score (nSPS) is 10.6. The van der Waals surface area contributed by atoms with E-state index in [4.69, 9.17) is 14.2 Å². The number of carbonyl (C=O) groups is 1. The van der Waals surface area contributed by atoms with Crippen LogP contribution in [-0.4, -0.2) is 54.5 Å². The summed E-state index contributed by atoms with van der Waals surface area (Å²) in [5.74, 6) is -0.443. The number of nitrogens with zero attached hydrogens (tertiary/aromatic N) is 3. The van der Waals surface area contributed by atoms with Crippen LogP contribution in [-0.2, 0) is 20.8 Å². The summed E-state index contributed by atoms with van der Waals surface area (Å²) >= 11 is 0. The van der Waals surface area contributed by atoms with Gasteiger partial charge in [0.15, 0.2) is 5.69 Å². The van der Waals surface area contributed by atoms with Gasteiger partial charge in [0.25, 0.3) is 0 Å². The van der Waals surface area contributed by atoms with Gasteiger partial charge in [0.2, 0.25) is 0 Å². The Labute approximate surface area is 106 Å². The third-order valence-corrected chi connectivity index (χ3v) is 2.33. The smallest absolute Gasteiger partial charge is 0.360 e. The molecule has 1 aromatic heterocycles. The molecule has 0 radical (unpaired) electrons. The molecule has 0 amide bonds. The number of hydrogen-bond donors (Lipinski definition) is 0. The van der Waals surface area contributed by atoms with E-state index in [1.807, 2.05) is 0 Å². The van der Waals surface area contributed by atoms with Gasteiger partial charge in [-0.1, -0.05) is 5.21 Å². The highest BCUT2D eigenvalue weighted by atomic mass is 16.5. The number of esters is 1. The van der Waals surface area contributed by atoms with E-state index in [0.717, 1.165) is 0 Å². The predicted molar refractivity (Wildman–Crippen MR) is 63.4 cm³/mol. The summed E-state index contributed by atoms with van der Waals surface area (Å²) in [5, 5.41) is 7.70. The molecule has 0 aromatic carbocycles. The lowest BCUT2D eigenvalue weighted by molar-refractivity contribution is 0.0518. The van der Waals surface area contributed by atoms with Crippen LogP contribution in [0.1, 0.15) is 23.1 Å². The number of methoxy groups -OCH3 is 1.